The summed E-state index contributed by atoms with van der Waals surface area (Å²) in [4.78, 5) is 25.8. The third-order valence-electron chi connectivity index (χ3n) is 5.18. The van der Waals surface area contributed by atoms with Gasteiger partial charge in [-0.2, -0.15) is 0 Å². The Morgan fingerprint density at radius 2 is 1.95 bits per heavy atom. The Hall–Kier alpha value is -1.64. The number of Topliss-reactive ketones (excluding diaryl/α,β-unsaturated/α-hetero) is 1. The predicted molar refractivity (Wildman–Crippen MR) is 72.1 cm³/mol. The van der Waals surface area contributed by atoms with Crippen LogP contribution in [0.3, 0.4) is 0 Å². The van der Waals surface area contributed by atoms with Crippen LogP contribution >= 0.6 is 0 Å². The van der Waals surface area contributed by atoms with Crippen LogP contribution in [-0.2, 0) is 4.79 Å². The molecule has 2 fully saturated rings. The zero-order valence-corrected chi connectivity index (χ0v) is 10.8. The van der Waals surface area contributed by atoms with Gasteiger partial charge in [0, 0.05) is 6.54 Å². The molecule has 1 aliphatic heterocycles. The van der Waals surface area contributed by atoms with Crippen molar-refractivity contribution < 1.29 is 9.59 Å². The Kier molecular flexibility index (Phi) is 2.32. The van der Waals surface area contributed by atoms with Crippen LogP contribution in [0.15, 0.2) is 24.3 Å². The minimum atomic E-state index is -0.334. The van der Waals surface area contributed by atoms with Gasteiger partial charge in [0.05, 0.1) is 11.3 Å². The van der Waals surface area contributed by atoms with E-state index in [4.69, 9.17) is 0 Å². The number of rotatable bonds is 2. The highest BCUT2D eigenvalue weighted by Crippen LogP contribution is 2.49. The lowest BCUT2D eigenvalue weighted by atomic mass is 9.88. The number of carbonyl (C=O) groups is 2. The average Bonchev–Trinajstić information content (AvgIpc) is 3.10. The van der Waals surface area contributed by atoms with Gasteiger partial charge in [-0.05, 0) is 49.1 Å². The molecule has 0 saturated heterocycles. The van der Waals surface area contributed by atoms with Crippen molar-refractivity contribution in [2.75, 3.05) is 11.4 Å². The number of benzene rings is 1. The molecule has 3 nitrogen and oxygen atoms in total. The number of fused-ring (bicyclic) bond motifs is 3. The second kappa shape index (κ2) is 3.92. The van der Waals surface area contributed by atoms with Gasteiger partial charge >= 0.3 is 0 Å². The highest BCUT2D eigenvalue weighted by atomic mass is 16.2. The lowest BCUT2D eigenvalue weighted by Gasteiger charge is -2.27. The summed E-state index contributed by atoms with van der Waals surface area (Å²) >= 11 is 0. The fourth-order valence-electron chi connectivity index (χ4n) is 4.26. The van der Waals surface area contributed by atoms with E-state index < -0.39 is 0 Å². The summed E-state index contributed by atoms with van der Waals surface area (Å²) in [6, 6.07) is 7.38. The zero-order chi connectivity index (χ0) is 13.0. The molecule has 0 spiro atoms. The molecular formula is C16H17NO2. The molecule has 2 aliphatic carbocycles. The number of ketones is 1. The summed E-state index contributed by atoms with van der Waals surface area (Å²) in [6.07, 6.45) is 5.25. The number of anilines is 1. The summed E-state index contributed by atoms with van der Waals surface area (Å²) in [6.45, 7) is 0.739. The first-order chi connectivity index (χ1) is 9.24. The smallest absolute Gasteiger partial charge is 0.299 e. The number of nitrogens with zero attached hydrogens (tertiary/aromatic N) is 1. The molecule has 3 aliphatic rings. The van der Waals surface area contributed by atoms with Crippen molar-refractivity contribution in [1.29, 1.82) is 0 Å². The van der Waals surface area contributed by atoms with Gasteiger partial charge in [-0.25, -0.2) is 0 Å². The molecule has 2 bridgehead atoms. The quantitative estimate of drug-likeness (QED) is 0.762. The Bertz CT molecular complexity index is 566. The highest BCUT2D eigenvalue weighted by molar-refractivity contribution is 6.52. The number of para-hydroxylation sites is 1. The number of hydrogen-bond donors (Lipinski definition) is 0. The molecule has 3 heteroatoms. The molecule has 1 aromatic carbocycles. The molecule has 0 N–H and O–H groups in total. The van der Waals surface area contributed by atoms with Gasteiger partial charge in [0.15, 0.2) is 0 Å². The lowest BCUT2D eigenvalue weighted by Crippen LogP contribution is -2.36. The molecular weight excluding hydrogens is 238 g/mol. The maximum atomic E-state index is 12.1. The monoisotopic (exact) mass is 255 g/mol. The van der Waals surface area contributed by atoms with Crippen molar-refractivity contribution >= 4 is 17.4 Å². The van der Waals surface area contributed by atoms with Gasteiger partial charge in [0.1, 0.15) is 0 Å². The summed E-state index contributed by atoms with van der Waals surface area (Å²) in [5.74, 6) is 1.59. The van der Waals surface area contributed by atoms with Crippen LogP contribution in [0.25, 0.3) is 0 Å². The molecule has 1 aromatic rings. The maximum Gasteiger partial charge on any atom is 0.299 e. The van der Waals surface area contributed by atoms with Gasteiger partial charge in [0.25, 0.3) is 11.7 Å². The van der Waals surface area contributed by atoms with E-state index in [1.807, 2.05) is 18.2 Å². The third kappa shape index (κ3) is 1.57. The first-order valence-corrected chi connectivity index (χ1v) is 7.19. The highest BCUT2D eigenvalue weighted by Gasteiger charge is 2.43. The SMILES string of the molecule is O=C1C(=O)N(CC2CC3CCC2C3)c2ccccc21. The van der Waals surface area contributed by atoms with Crippen molar-refractivity contribution in [3.05, 3.63) is 29.8 Å². The van der Waals surface area contributed by atoms with E-state index in [-0.39, 0.29) is 11.7 Å². The van der Waals surface area contributed by atoms with Gasteiger partial charge in [-0.15, -0.1) is 0 Å². The molecule has 4 rings (SSSR count). The molecule has 1 amide bonds. The zero-order valence-electron chi connectivity index (χ0n) is 10.8. The first kappa shape index (κ1) is 11.2. The molecule has 3 atom stereocenters. The van der Waals surface area contributed by atoms with Crippen molar-refractivity contribution in [2.45, 2.75) is 25.7 Å². The molecule has 2 saturated carbocycles. The topological polar surface area (TPSA) is 37.4 Å². The minimum absolute atomic E-state index is 0.330. The van der Waals surface area contributed by atoms with Crippen LogP contribution in [0.4, 0.5) is 5.69 Å². The van der Waals surface area contributed by atoms with Crippen LogP contribution in [0, 0.1) is 17.8 Å². The van der Waals surface area contributed by atoms with Crippen molar-refractivity contribution in [3.63, 3.8) is 0 Å². The van der Waals surface area contributed by atoms with Crippen molar-refractivity contribution in [3.8, 4) is 0 Å². The second-order valence-corrected chi connectivity index (χ2v) is 6.20. The third-order valence-corrected chi connectivity index (χ3v) is 5.18. The summed E-state index contributed by atoms with van der Waals surface area (Å²) < 4.78 is 0. The largest absolute Gasteiger partial charge is 0.304 e. The lowest BCUT2D eigenvalue weighted by molar-refractivity contribution is -0.114. The van der Waals surface area contributed by atoms with Crippen molar-refractivity contribution in [2.24, 2.45) is 17.8 Å². The van der Waals surface area contributed by atoms with E-state index >= 15 is 0 Å². The van der Waals surface area contributed by atoms with Gasteiger partial charge in [-0.1, -0.05) is 18.6 Å². The van der Waals surface area contributed by atoms with Crippen molar-refractivity contribution in [1.82, 2.24) is 0 Å². The van der Waals surface area contributed by atoms with Gasteiger partial charge in [-0.3, -0.25) is 9.59 Å². The van der Waals surface area contributed by atoms with Crippen LogP contribution < -0.4 is 4.90 Å². The van der Waals surface area contributed by atoms with E-state index in [2.05, 4.69) is 0 Å². The van der Waals surface area contributed by atoms with E-state index in [9.17, 15) is 9.59 Å². The van der Waals surface area contributed by atoms with E-state index in [0.29, 0.717) is 11.5 Å². The average molecular weight is 255 g/mol. The Labute approximate surface area is 112 Å². The van der Waals surface area contributed by atoms with E-state index in [1.165, 1.54) is 25.7 Å². The van der Waals surface area contributed by atoms with E-state index in [0.717, 1.165) is 24.1 Å². The molecule has 0 radical (unpaired) electrons. The fraction of sp³-hybridized carbons (Fsp3) is 0.500. The van der Waals surface area contributed by atoms with Crippen LogP contribution in [0.2, 0.25) is 0 Å². The normalized spacial score (nSPS) is 32.2. The van der Waals surface area contributed by atoms with E-state index in [1.54, 1.807) is 11.0 Å². The van der Waals surface area contributed by atoms with Crippen LogP contribution in [0.5, 0.6) is 0 Å². The predicted octanol–water partition coefficient (Wildman–Crippen LogP) is 2.65. The summed E-state index contributed by atoms with van der Waals surface area (Å²) in [7, 11) is 0. The second-order valence-electron chi connectivity index (χ2n) is 6.20. The minimum Gasteiger partial charge on any atom is -0.304 e. The maximum absolute atomic E-state index is 12.1. The Balaban J connectivity index is 1.62. The standard InChI is InChI=1S/C16H17NO2/c18-15-13-3-1-2-4-14(13)17(16(15)19)9-12-8-10-5-6-11(12)7-10/h1-4,10-12H,5-9H2. The molecule has 19 heavy (non-hydrogen) atoms. The Morgan fingerprint density at radius 3 is 2.68 bits per heavy atom. The van der Waals surface area contributed by atoms with Crippen LogP contribution in [-0.4, -0.2) is 18.2 Å². The number of amides is 1. The molecule has 0 aromatic heterocycles. The molecule has 3 unspecified atom stereocenters. The fourth-order valence-corrected chi connectivity index (χ4v) is 4.26. The summed E-state index contributed by atoms with van der Waals surface area (Å²) in [5, 5.41) is 0. The summed E-state index contributed by atoms with van der Waals surface area (Å²) in [5.41, 5.74) is 1.40. The van der Waals surface area contributed by atoms with Gasteiger partial charge < -0.3 is 4.90 Å². The Morgan fingerprint density at radius 1 is 1.11 bits per heavy atom. The number of hydrogen-bond acceptors (Lipinski definition) is 2. The molecule has 1 heterocycles. The molecule has 98 valence electrons. The van der Waals surface area contributed by atoms with Crippen LogP contribution in [0.1, 0.15) is 36.0 Å². The number of carbonyl (C=O) groups excluding carboxylic acids is 2. The van der Waals surface area contributed by atoms with Gasteiger partial charge in [0.2, 0.25) is 0 Å². The first-order valence-electron chi connectivity index (χ1n) is 7.19.